The Morgan fingerprint density at radius 1 is 1.35 bits per heavy atom. The summed E-state index contributed by atoms with van der Waals surface area (Å²) in [6, 6.07) is 6.23. The number of ketones is 1. The second kappa shape index (κ2) is 3.73. The van der Waals surface area contributed by atoms with E-state index in [9.17, 15) is 4.79 Å². The van der Waals surface area contributed by atoms with Gasteiger partial charge in [-0.15, -0.1) is 0 Å². The summed E-state index contributed by atoms with van der Waals surface area (Å²) < 4.78 is 0. The monoisotopic (exact) mass is 227 g/mol. The van der Waals surface area contributed by atoms with Crippen molar-refractivity contribution in [3.8, 4) is 0 Å². The molecule has 0 unspecified atom stereocenters. The van der Waals surface area contributed by atoms with Crippen LogP contribution in [0, 0.1) is 5.92 Å². The van der Waals surface area contributed by atoms with Gasteiger partial charge in [0.25, 0.3) is 0 Å². The molecule has 1 aromatic carbocycles. The quantitative estimate of drug-likeness (QED) is 0.793. The minimum Gasteiger partial charge on any atom is -0.360 e. The Morgan fingerprint density at radius 3 is 2.76 bits per heavy atom. The number of carbonyl (C=O) groups is 1. The average Bonchev–Trinajstić information content (AvgIpc) is 3.07. The van der Waals surface area contributed by atoms with E-state index in [1.54, 1.807) is 0 Å². The first kappa shape index (κ1) is 10.6. The summed E-state index contributed by atoms with van der Waals surface area (Å²) in [6.45, 7) is 4.36. The lowest BCUT2D eigenvalue weighted by molar-refractivity contribution is 0.0969. The largest absolute Gasteiger partial charge is 0.360 e. The number of carbonyl (C=O) groups excluding carboxylic acids is 1. The maximum absolute atomic E-state index is 12.1. The van der Waals surface area contributed by atoms with Crippen molar-refractivity contribution in [1.29, 1.82) is 0 Å². The molecule has 0 aliphatic heterocycles. The van der Waals surface area contributed by atoms with Gasteiger partial charge >= 0.3 is 0 Å². The summed E-state index contributed by atoms with van der Waals surface area (Å²) in [5.74, 6) is 1.08. The van der Waals surface area contributed by atoms with Crippen LogP contribution in [0.3, 0.4) is 0 Å². The average molecular weight is 227 g/mol. The van der Waals surface area contributed by atoms with Crippen molar-refractivity contribution in [3.05, 3.63) is 35.5 Å². The molecular formula is C15H17NO. The molecule has 1 fully saturated rings. The summed E-state index contributed by atoms with van der Waals surface area (Å²) in [5.41, 5.74) is 3.30. The lowest BCUT2D eigenvalue weighted by Gasteiger charge is -2.06. The van der Waals surface area contributed by atoms with Crippen molar-refractivity contribution in [2.24, 2.45) is 5.92 Å². The summed E-state index contributed by atoms with van der Waals surface area (Å²) in [5, 5.41) is 1.09. The van der Waals surface area contributed by atoms with Gasteiger partial charge in [0.15, 0.2) is 5.78 Å². The second-order valence-electron chi connectivity index (χ2n) is 5.27. The van der Waals surface area contributed by atoms with Crippen LogP contribution in [0.1, 0.15) is 48.5 Å². The highest BCUT2D eigenvalue weighted by molar-refractivity contribution is 6.10. The third-order valence-electron chi connectivity index (χ3n) is 3.58. The molecular weight excluding hydrogens is 210 g/mol. The van der Waals surface area contributed by atoms with E-state index in [0.717, 1.165) is 29.3 Å². The van der Waals surface area contributed by atoms with E-state index in [-0.39, 0.29) is 5.92 Å². The standard InChI is InChI=1S/C15H17NO/c1-9(2)11-4-3-5-12-13(8-16-14(11)12)15(17)10-6-7-10/h3-5,8-10,16H,6-7H2,1-2H3. The number of fused-ring (bicyclic) bond motifs is 1. The van der Waals surface area contributed by atoms with Crippen LogP contribution in [-0.4, -0.2) is 10.8 Å². The first-order valence-electron chi connectivity index (χ1n) is 6.32. The zero-order valence-corrected chi connectivity index (χ0v) is 10.3. The van der Waals surface area contributed by atoms with Gasteiger partial charge in [0.1, 0.15) is 0 Å². The van der Waals surface area contributed by atoms with Gasteiger partial charge in [-0.3, -0.25) is 4.79 Å². The van der Waals surface area contributed by atoms with Crippen LogP contribution < -0.4 is 0 Å². The summed E-state index contributed by atoms with van der Waals surface area (Å²) >= 11 is 0. The molecule has 1 heterocycles. The highest BCUT2D eigenvalue weighted by atomic mass is 16.1. The van der Waals surface area contributed by atoms with Crippen LogP contribution in [0.25, 0.3) is 10.9 Å². The fraction of sp³-hybridized carbons (Fsp3) is 0.400. The van der Waals surface area contributed by atoms with Crippen LogP contribution >= 0.6 is 0 Å². The normalized spacial score (nSPS) is 15.7. The fourth-order valence-electron chi connectivity index (χ4n) is 2.43. The van der Waals surface area contributed by atoms with Gasteiger partial charge in [-0.05, 0) is 24.3 Å². The first-order chi connectivity index (χ1) is 8.18. The molecule has 17 heavy (non-hydrogen) atoms. The van der Waals surface area contributed by atoms with Crippen molar-refractivity contribution in [1.82, 2.24) is 4.98 Å². The van der Waals surface area contributed by atoms with E-state index in [0.29, 0.717) is 11.7 Å². The molecule has 1 aliphatic rings. The minimum absolute atomic E-state index is 0.289. The first-order valence-corrected chi connectivity index (χ1v) is 6.32. The number of nitrogens with one attached hydrogen (secondary N) is 1. The van der Waals surface area contributed by atoms with Crippen molar-refractivity contribution in [2.75, 3.05) is 0 Å². The number of rotatable bonds is 3. The molecule has 88 valence electrons. The van der Waals surface area contributed by atoms with Crippen molar-refractivity contribution < 1.29 is 4.79 Å². The van der Waals surface area contributed by atoms with Gasteiger partial charge in [-0.2, -0.15) is 0 Å². The maximum atomic E-state index is 12.1. The Morgan fingerprint density at radius 2 is 2.12 bits per heavy atom. The molecule has 1 N–H and O–H groups in total. The Balaban J connectivity index is 2.15. The molecule has 0 amide bonds. The van der Waals surface area contributed by atoms with Crippen molar-refractivity contribution in [2.45, 2.75) is 32.6 Å². The van der Waals surface area contributed by atoms with Gasteiger partial charge in [0.2, 0.25) is 0 Å². The number of para-hydroxylation sites is 1. The van der Waals surface area contributed by atoms with Crippen molar-refractivity contribution in [3.63, 3.8) is 0 Å². The molecule has 0 saturated heterocycles. The Labute approximate surface area is 101 Å². The Kier molecular flexibility index (Phi) is 2.32. The number of hydrogen-bond acceptors (Lipinski definition) is 1. The number of aromatic nitrogens is 1. The van der Waals surface area contributed by atoms with E-state index in [1.807, 2.05) is 12.3 Å². The zero-order chi connectivity index (χ0) is 12.0. The minimum atomic E-state index is 0.289. The molecule has 2 aromatic rings. The Bertz CT molecular complexity index is 576. The van der Waals surface area contributed by atoms with E-state index < -0.39 is 0 Å². The molecule has 1 aliphatic carbocycles. The lowest BCUT2D eigenvalue weighted by atomic mass is 9.98. The number of H-pyrrole nitrogens is 1. The van der Waals surface area contributed by atoms with E-state index >= 15 is 0 Å². The van der Waals surface area contributed by atoms with Crippen LogP contribution in [0.2, 0.25) is 0 Å². The molecule has 0 bridgehead atoms. The fourth-order valence-corrected chi connectivity index (χ4v) is 2.43. The van der Waals surface area contributed by atoms with E-state index in [1.165, 1.54) is 5.56 Å². The second-order valence-corrected chi connectivity index (χ2v) is 5.27. The SMILES string of the molecule is CC(C)c1cccc2c(C(=O)C3CC3)c[nH]c12. The molecule has 3 rings (SSSR count). The molecule has 1 aromatic heterocycles. The van der Waals surface area contributed by atoms with Crippen molar-refractivity contribution >= 4 is 16.7 Å². The molecule has 2 heteroatoms. The molecule has 0 atom stereocenters. The van der Waals surface area contributed by atoms with Gasteiger partial charge in [0.05, 0.1) is 0 Å². The predicted octanol–water partition coefficient (Wildman–Crippen LogP) is 3.88. The highest BCUT2D eigenvalue weighted by Gasteiger charge is 2.31. The number of aromatic amines is 1. The highest BCUT2D eigenvalue weighted by Crippen LogP contribution is 2.35. The van der Waals surface area contributed by atoms with Gasteiger partial charge in [0, 0.05) is 28.6 Å². The van der Waals surface area contributed by atoms with Gasteiger partial charge in [-0.25, -0.2) is 0 Å². The predicted molar refractivity (Wildman–Crippen MR) is 69.4 cm³/mol. The molecule has 1 saturated carbocycles. The summed E-state index contributed by atoms with van der Waals surface area (Å²) in [6.07, 6.45) is 4.02. The van der Waals surface area contributed by atoms with E-state index in [4.69, 9.17) is 0 Å². The number of Topliss-reactive ketones (excluding diaryl/α,β-unsaturated/α-hetero) is 1. The van der Waals surface area contributed by atoms with Crippen LogP contribution in [-0.2, 0) is 0 Å². The van der Waals surface area contributed by atoms with E-state index in [2.05, 4.69) is 31.0 Å². The summed E-state index contributed by atoms with van der Waals surface area (Å²) in [4.78, 5) is 15.4. The smallest absolute Gasteiger partial charge is 0.168 e. The third-order valence-corrected chi connectivity index (χ3v) is 3.58. The summed E-state index contributed by atoms with van der Waals surface area (Å²) in [7, 11) is 0. The van der Waals surface area contributed by atoms with Gasteiger partial charge in [-0.1, -0.05) is 32.0 Å². The zero-order valence-electron chi connectivity index (χ0n) is 10.3. The lowest BCUT2D eigenvalue weighted by Crippen LogP contribution is -1.99. The number of benzene rings is 1. The van der Waals surface area contributed by atoms with Crippen LogP contribution in [0.5, 0.6) is 0 Å². The molecule has 0 radical (unpaired) electrons. The van der Waals surface area contributed by atoms with Crippen LogP contribution in [0.15, 0.2) is 24.4 Å². The number of hydrogen-bond donors (Lipinski definition) is 1. The Hall–Kier alpha value is -1.57. The van der Waals surface area contributed by atoms with Crippen LogP contribution in [0.4, 0.5) is 0 Å². The molecule has 0 spiro atoms. The molecule has 2 nitrogen and oxygen atoms in total. The third kappa shape index (κ3) is 1.68. The van der Waals surface area contributed by atoms with Gasteiger partial charge < -0.3 is 4.98 Å². The topological polar surface area (TPSA) is 32.9 Å². The maximum Gasteiger partial charge on any atom is 0.168 e.